The number of rotatable bonds is 6. The Bertz CT molecular complexity index is 1300. The summed E-state index contributed by atoms with van der Waals surface area (Å²) in [6.07, 6.45) is 3.83. The lowest BCUT2D eigenvalue weighted by Crippen LogP contribution is -2.16. The topological polar surface area (TPSA) is 105 Å². The van der Waals surface area contributed by atoms with E-state index in [9.17, 15) is 10.1 Å². The number of methoxy groups -OCH3 is 2. The summed E-state index contributed by atoms with van der Waals surface area (Å²) in [6.45, 7) is 2.48. The van der Waals surface area contributed by atoms with Crippen molar-refractivity contribution >= 4 is 33.5 Å². The molecular weight excluding hydrogens is 382 g/mol. The van der Waals surface area contributed by atoms with Crippen molar-refractivity contribution in [3.8, 4) is 11.8 Å². The van der Waals surface area contributed by atoms with Gasteiger partial charge in [-0.05, 0) is 36.8 Å². The zero-order valence-electron chi connectivity index (χ0n) is 16.9. The number of nitrogens with one attached hydrogen (secondary N) is 2. The highest BCUT2D eigenvalue weighted by molar-refractivity contribution is 5.94. The lowest BCUT2D eigenvalue weighted by molar-refractivity contribution is -0.138. The smallest absolute Gasteiger partial charge is 0.325 e. The number of carbonyl (C=O) groups is 1. The molecule has 2 heterocycles. The number of aromatic nitrogens is 3. The number of fused-ring (bicyclic) bond motifs is 2. The SMILES string of the molecule is COC(=O)CNc1c(C#N)ccc2cn(Cc3c(OC)cc(C)c4[nH]ccc34)nc12. The van der Waals surface area contributed by atoms with Crippen molar-refractivity contribution in [1.29, 1.82) is 5.26 Å². The maximum atomic E-state index is 11.6. The standard InChI is InChI=1S/C22H21N5O3/c1-13-8-18(29-2)17(16-6-7-24-20(13)16)12-27-11-15-5-4-14(9-23)21(22(15)26-27)25-10-19(28)30-3/h4-8,11,24-25H,10,12H2,1-3H3. The largest absolute Gasteiger partial charge is 0.496 e. The molecule has 8 nitrogen and oxygen atoms in total. The number of hydrogen-bond donors (Lipinski definition) is 2. The van der Waals surface area contributed by atoms with Crippen molar-refractivity contribution in [2.45, 2.75) is 13.5 Å². The molecule has 0 saturated heterocycles. The molecule has 0 aliphatic heterocycles. The summed E-state index contributed by atoms with van der Waals surface area (Å²) >= 11 is 0. The summed E-state index contributed by atoms with van der Waals surface area (Å²) in [4.78, 5) is 14.8. The molecule has 0 unspecified atom stereocenters. The third-order valence-electron chi connectivity index (χ3n) is 5.13. The summed E-state index contributed by atoms with van der Waals surface area (Å²) in [5, 5.41) is 19.1. The molecular formula is C22H21N5O3. The molecule has 8 heteroatoms. The van der Waals surface area contributed by atoms with Gasteiger partial charge in [0.15, 0.2) is 0 Å². The zero-order valence-corrected chi connectivity index (χ0v) is 16.9. The van der Waals surface area contributed by atoms with Gasteiger partial charge in [-0.15, -0.1) is 0 Å². The number of ether oxygens (including phenoxy) is 2. The van der Waals surface area contributed by atoms with Gasteiger partial charge >= 0.3 is 5.97 Å². The minimum Gasteiger partial charge on any atom is -0.496 e. The lowest BCUT2D eigenvalue weighted by atomic mass is 10.0. The van der Waals surface area contributed by atoms with Crippen LogP contribution in [0.5, 0.6) is 5.75 Å². The predicted molar refractivity (Wildman–Crippen MR) is 114 cm³/mol. The second kappa shape index (κ2) is 7.79. The molecule has 2 N–H and O–H groups in total. The Hall–Kier alpha value is -3.99. The predicted octanol–water partition coefficient (Wildman–Crippen LogP) is 3.34. The second-order valence-corrected chi connectivity index (χ2v) is 6.93. The van der Waals surface area contributed by atoms with Gasteiger partial charge in [-0.2, -0.15) is 10.4 Å². The fraction of sp³-hybridized carbons (Fsp3) is 0.227. The number of nitriles is 1. The fourth-order valence-corrected chi connectivity index (χ4v) is 3.67. The Labute approximate surface area is 173 Å². The molecule has 4 aromatic rings. The van der Waals surface area contributed by atoms with Crippen molar-refractivity contribution in [3.63, 3.8) is 0 Å². The van der Waals surface area contributed by atoms with Gasteiger partial charge < -0.3 is 19.8 Å². The van der Waals surface area contributed by atoms with Crippen LogP contribution < -0.4 is 10.1 Å². The van der Waals surface area contributed by atoms with Crippen LogP contribution in [0, 0.1) is 18.3 Å². The Kier molecular flexibility index (Phi) is 5.02. The first-order valence-corrected chi connectivity index (χ1v) is 9.40. The van der Waals surface area contributed by atoms with Crippen LogP contribution >= 0.6 is 0 Å². The summed E-state index contributed by atoms with van der Waals surface area (Å²) < 4.78 is 12.1. The minimum absolute atomic E-state index is 0.0487. The van der Waals surface area contributed by atoms with E-state index in [4.69, 9.17) is 9.84 Å². The van der Waals surface area contributed by atoms with E-state index in [1.165, 1.54) is 7.11 Å². The van der Waals surface area contributed by atoms with Crippen LogP contribution in [0.3, 0.4) is 0 Å². The molecule has 4 rings (SSSR count). The van der Waals surface area contributed by atoms with Crippen LogP contribution in [0.2, 0.25) is 0 Å². The van der Waals surface area contributed by atoms with E-state index in [0.717, 1.165) is 33.2 Å². The van der Waals surface area contributed by atoms with Crippen LogP contribution in [-0.2, 0) is 16.1 Å². The van der Waals surface area contributed by atoms with E-state index in [0.29, 0.717) is 23.3 Å². The maximum absolute atomic E-state index is 11.6. The van der Waals surface area contributed by atoms with Gasteiger partial charge in [0.2, 0.25) is 0 Å². The molecule has 0 atom stereocenters. The van der Waals surface area contributed by atoms with Crippen molar-refractivity contribution in [2.24, 2.45) is 0 Å². The highest BCUT2D eigenvalue weighted by atomic mass is 16.5. The normalized spacial score (nSPS) is 10.9. The van der Waals surface area contributed by atoms with Gasteiger partial charge in [0, 0.05) is 34.2 Å². The number of anilines is 1. The van der Waals surface area contributed by atoms with E-state index in [1.54, 1.807) is 13.2 Å². The van der Waals surface area contributed by atoms with Crippen LogP contribution in [0.1, 0.15) is 16.7 Å². The van der Waals surface area contributed by atoms with Crippen LogP contribution in [0.25, 0.3) is 21.8 Å². The molecule has 30 heavy (non-hydrogen) atoms. The highest BCUT2D eigenvalue weighted by Crippen LogP contribution is 2.32. The molecule has 0 radical (unpaired) electrons. The zero-order chi connectivity index (χ0) is 21.3. The van der Waals surface area contributed by atoms with Gasteiger partial charge in [0.25, 0.3) is 0 Å². The fourth-order valence-electron chi connectivity index (χ4n) is 3.67. The van der Waals surface area contributed by atoms with Crippen molar-refractivity contribution in [1.82, 2.24) is 14.8 Å². The van der Waals surface area contributed by atoms with E-state index in [2.05, 4.69) is 21.1 Å². The number of H-pyrrole nitrogens is 1. The van der Waals surface area contributed by atoms with Gasteiger partial charge in [-0.1, -0.05) is 0 Å². The molecule has 152 valence electrons. The molecule has 0 fully saturated rings. The number of hydrogen-bond acceptors (Lipinski definition) is 6. The average molecular weight is 403 g/mol. The number of carbonyl (C=O) groups excluding carboxylic acids is 1. The van der Waals surface area contributed by atoms with Gasteiger partial charge in [-0.25, -0.2) is 0 Å². The highest BCUT2D eigenvalue weighted by Gasteiger charge is 2.16. The van der Waals surface area contributed by atoms with E-state index in [-0.39, 0.29) is 6.54 Å². The van der Waals surface area contributed by atoms with Crippen molar-refractivity contribution in [3.05, 3.63) is 53.3 Å². The van der Waals surface area contributed by atoms with Gasteiger partial charge in [0.1, 0.15) is 23.9 Å². The van der Waals surface area contributed by atoms with Gasteiger partial charge in [-0.3, -0.25) is 9.48 Å². The van der Waals surface area contributed by atoms with Crippen LogP contribution in [-0.4, -0.2) is 41.5 Å². The number of benzene rings is 2. The van der Waals surface area contributed by atoms with E-state index in [1.807, 2.05) is 42.2 Å². The first kappa shape index (κ1) is 19.3. The number of nitrogens with zero attached hydrogens (tertiary/aromatic N) is 3. The van der Waals surface area contributed by atoms with Crippen molar-refractivity contribution in [2.75, 3.05) is 26.1 Å². The monoisotopic (exact) mass is 403 g/mol. The molecule has 0 saturated carbocycles. The molecule has 0 bridgehead atoms. The third kappa shape index (κ3) is 3.31. The van der Waals surface area contributed by atoms with Crippen LogP contribution in [0.15, 0.2) is 36.7 Å². The van der Waals surface area contributed by atoms with E-state index >= 15 is 0 Å². The Balaban J connectivity index is 1.78. The molecule has 2 aromatic carbocycles. The van der Waals surface area contributed by atoms with Crippen LogP contribution in [0.4, 0.5) is 5.69 Å². The van der Waals surface area contributed by atoms with Crippen molar-refractivity contribution < 1.29 is 14.3 Å². The molecule has 0 aliphatic carbocycles. The third-order valence-corrected chi connectivity index (χ3v) is 5.13. The average Bonchev–Trinajstić information content (AvgIpc) is 3.40. The number of aryl methyl sites for hydroxylation is 1. The minimum atomic E-state index is -0.422. The lowest BCUT2D eigenvalue weighted by Gasteiger charge is -2.12. The summed E-state index contributed by atoms with van der Waals surface area (Å²) in [7, 11) is 2.98. The molecule has 0 amide bonds. The summed E-state index contributed by atoms with van der Waals surface area (Å²) in [5.41, 5.74) is 4.73. The summed E-state index contributed by atoms with van der Waals surface area (Å²) in [5.74, 6) is 0.371. The Morgan fingerprint density at radius 1 is 1.33 bits per heavy atom. The first-order valence-electron chi connectivity index (χ1n) is 9.40. The number of esters is 1. The molecule has 0 aliphatic rings. The second-order valence-electron chi connectivity index (χ2n) is 6.93. The quantitative estimate of drug-likeness (QED) is 0.479. The molecule has 2 aromatic heterocycles. The van der Waals surface area contributed by atoms with Gasteiger partial charge in [0.05, 0.1) is 32.0 Å². The maximum Gasteiger partial charge on any atom is 0.325 e. The summed E-state index contributed by atoms with van der Waals surface area (Å²) in [6, 6.07) is 9.74. The Morgan fingerprint density at radius 3 is 2.90 bits per heavy atom. The first-order chi connectivity index (χ1) is 14.5. The van der Waals surface area contributed by atoms with E-state index < -0.39 is 5.97 Å². The number of aromatic amines is 1. The molecule has 0 spiro atoms. The Morgan fingerprint density at radius 2 is 2.17 bits per heavy atom.